The van der Waals surface area contributed by atoms with Crippen molar-refractivity contribution in [3.05, 3.63) is 22.8 Å². The van der Waals surface area contributed by atoms with Gasteiger partial charge in [0.2, 0.25) is 0 Å². The number of nitrogens with two attached hydrogens (primary N) is 1. The molecule has 1 fully saturated rings. The van der Waals surface area contributed by atoms with Gasteiger partial charge in [-0.2, -0.15) is 5.10 Å². The Hall–Kier alpha value is -1.58. The molecule has 0 saturated heterocycles. The Balaban J connectivity index is 1.57. The standard InChI is InChI=1S/C23H35N3O/c1-14(25-26-21(24)27)15-9-12-23(4)16(13-15)5-6-17-18-10-11-22(2,3)19(18)7-8-20(17)23/h9,16-17,20H,5-8,10-13H2,1-4H3,(H3,24,26,27)/b25-14-/t16-,17+,20+,23-/m0/s1. The summed E-state index contributed by atoms with van der Waals surface area (Å²) in [6.45, 7) is 9.46. The molecule has 0 radical (unpaired) electrons. The van der Waals surface area contributed by atoms with Gasteiger partial charge in [-0.15, -0.1) is 0 Å². The third-order valence-electron chi connectivity index (χ3n) is 8.52. The van der Waals surface area contributed by atoms with Gasteiger partial charge in [0.25, 0.3) is 0 Å². The van der Waals surface area contributed by atoms with Crippen molar-refractivity contribution in [2.75, 3.05) is 0 Å². The van der Waals surface area contributed by atoms with Crippen molar-refractivity contribution >= 4 is 11.7 Å². The number of primary amides is 1. The number of hydrazone groups is 1. The highest BCUT2D eigenvalue weighted by Crippen LogP contribution is 2.63. The van der Waals surface area contributed by atoms with Crippen LogP contribution in [0, 0.1) is 28.6 Å². The number of nitrogens with one attached hydrogen (secondary N) is 1. The molecule has 0 spiro atoms. The first-order valence-electron chi connectivity index (χ1n) is 10.7. The largest absolute Gasteiger partial charge is 0.350 e. The molecule has 3 N–H and O–H groups in total. The summed E-state index contributed by atoms with van der Waals surface area (Å²) in [5.41, 5.74) is 14.3. The molecule has 0 aromatic rings. The van der Waals surface area contributed by atoms with E-state index in [1.54, 1.807) is 0 Å². The van der Waals surface area contributed by atoms with Crippen LogP contribution in [-0.2, 0) is 0 Å². The zero-order valence-corrected chi connectivity index (χ0v) is 17.4. The summed E-state index contributed by atoms with van der Waals surface area (Å²) in [4.78, 5) is 10.9. The minimum absolute atomic E-state index is 0.412. The lowest BCUT2D eigenvalue weighted by molar-refractivity contribution is -0.00481. The van der Waals surface area contributed by atoms with E-state index in [-0.39, 0.29) is 0 Å². The summed E-state index contributed by atoms with van der Waals surface area (Å²) in [5, 5.41) is 4.17. The summed E-state index contributed by atoms with van der Waals surface area (Å²) >= 11 is 0. The van der Waals surface area contributed by atoms with Crippen LogP contribution < -0.4 is 11.2 Å². The molecule has 0 heterocycles. The van der Waals surface area contributed by atoms with Crippen LogP contribution in [0.2, 0.25) is 0 Å². The minimum atomic E-state index is -0.595. The van der Waals surface area contributed by atoms with Crippen LogP contribution in [0.15, 0.2) is 27.9 Å². The lowest BCUT2D eigenvalue weighted by Crippen LogP contribution is -2.47. The third-order valence-corrected chi connectivity index (χ3v) is 8.52. The van der Waals surface area contributed by atoms with Gasteiger partial charge in [0.05, 0.1) is 5.71 Å². The Labute approximate surface area is 163 Å². The minimum Gasteiger partial charge on any atom is -0.350 e. The SMILES string of the molecule is C/C(=N/NC(N)=O)C1=CC[C@@]2(C)[C@@H](CC[C@@H]3C4=C(CC[C@H]32)C(C)(C)CC4)C1. The molecule has 148 valence electrons. The molecule has 0 aromatic carbocycles. The van der Waals surface area contributed by atoms with Gasteiger partial charge in [0.1, 0.15) is 0 Å². The van der Waals surface area contributed by atoms with Gasteiger partial charge in [0.15, 0.2) is 0 Å². The summed E-state index contributed by atoms with van der Waals surface area (Å²) in [6, 6.07) is -0.595. The summed E-state index contributed by atoms with van der Waals surface area (Å²) < 4.78 is 0. The lowest BCUT2D eigenvalue weighted by atomic mass is 9.49. The molecule has 4 atom stereocenters. The number of urea groups is 1. The van der Waals surface area contributed by atoms with Crippen molar-refractivity contribution < 1.29 is 4.79 Å². The summed E-state index contributed by atoms with van der Waals surface area (Å²) in [6.07, 6.45) is 12.7. The molecule has 4 rings (SSSR count). The number of hydrogen-bond acceptors (Lipinski definition) is 2. The van der Waals surface area contributed by atoms with Gasteiger partial charge in [0, 0.05) is 0 Å². The van der Waals surface area contributed by atoms with E-state index < -0.39 is 6.03 Å². The number of hydrogen-bond donors (Lipinski definition) is 2. The fourth-order valence-corrected chi connectivity index (χ4v) is 6.86. The third kappa shape index (κ3) is 3.05. The normalized spacial score (nSPS) is 37.9. The maximum Gasteiger partial charge on any atom is 0.332 e. The molecule has 4 heteroatoms. The van der Waals surface area contributed by atoms with E-state index in [4.69, 9.17) is 5.73 Å². The maximum absolute atomic E-state index is 10.9. The molecule has 2 amide bonds. The van der Waals surface area contributed by atoms with E-state index in [0.29, 0.717) is 10.8 Å². The van der Waals surface area contributed by atoms with Crippen LogP contribution in [0.1, 0.15) is 79.1 Å². The van der Waals surface area contributed by atoms with Gasteiger partial charge in [-0.05, 0) is 92.4 Å². The number of carbonyl (C=O) groups is 1. The predicted octanol–water partition coefficient (Wildman–Crippen LogP) is 5.31. The van der Waals surface area contributed by atoms with Crippen LogP contribution in [-0.4, -0.2) is 11.7 Å². The molecular weight excluding hydrogens is 334 g/mol. The molecular formula is C23H35N3O. The fourth-order valence-electron chi connectivity index (χ4n) is 6.86. The molecule has 0 aliphatic heterocycles. The smallest absolute Gasteiger partial charge is 0.332 e. The number of amides is 2. The Morgan fingerprint density at radius 1 is 1.22 bits per heavy atom. The molecule has 4 aliphatic carbocycles. The van der Waals surface area contributed by atoms with Gasteiger partial charge < -0.3 is 5.73 Å². The number of nitrogens with zero attached hydrogens (tertiary/aromatic N) is 1. The Morgan fingerprint density at radius 3 is 2.74 bits per heavy atom. The fraction of sp³-hybridized carbons (Fsp3) is 0.739. The van der Waals surface area contributed by atoms with Gasteiger partial charge in [-0.3, -0.25) is 0 Å². The van der Waals surface area contributed by atoms with Crippen molar-refractivity contribution in [1.29, 1.82) is 0 Å². The van der Waals surface area contributed by atoms with Gasteiger partial charge in [-0.1, -0.05) is 38.0 Å². The van der Waals surface area contributed by atoms with E-state index in [2.05, 4.69) is 37.4 Å². The number of rotatable bonds is 2. The highest BCUT2D eigenvalue weighted by Gasteiger charge is 2.53. The highest BCUT2D eigenvalue weighted by molar-refractivity contribution is 5.98. The van der Waals surface area contributed by atoms with E-state index in [0.717, 1.165) is 36.3 Å². The maximum atomic E-state index is 10.9. The monoisotopic (exact) mass is 369 g/mol. The average molecular weight is 370 g/mol. The molecule has 4 aliphatic rings. The molecule has 0 bridgehead atoms. The topological polar surface area (TPSA) is 67.5 Å². The zero-order valence-electron chi connectivity index (χ0n) is 17.4. The Bertz CT molecular complexity index is 745. The van der Waals surface area contributed by atoms with Crippen LogP contribution in [0.3, 0.4) is 0 Å². The first kappa shape index (κ1) is 18.8. The van der Waals surface area contributed by atoms with Crippen LogP contribution in [0.25, 0.3) is 0 Å². The highest BCUT2D eigenvalue weighted by atomic mass is 16.2. The van der Waals surface area contributed by atoms with E-state index in [1.807, 2.05) is 18.1 Å². The van der Waals surface area contributed by atoms with Crippen LogP contribution in [0.4, 0.5) is 4.79 Å². The molecule has 1 saturated carbocycles. The lowest BCUT2D eigenvalue weighted by Gasteiger charge is -2.55. The molecule has 4 nitrogen and oxygen atoms in total. The molecule has 0 unspecified atom stereocenters. The summed E-state index contributed by atoms with van der Waals surface area (Å²) in [5.74, 6) is 2.40. The number of fused-ring (bicyclic) bond motifs is 4. The van der Waals surface area contributed by atoms with Crippen molar-refractivity contribution in [2.24, 2.45) is 39.4 Å². The number of carbonyl (C=O) groups excluding carboxylic acids is 1. The Morgan fingerprint density at radius 2 is 2.00 bits per heavy atom. The predicted molar refractivity (Wildman–Crippen MR) is 110 cm³/mol. The zero-order chi connectivity index (χ0) is 19.4. The van der Waals surface area contributed by atoms with Crippen LogP contribution in [0.5, 0.6) is 0 Å². The van der Waals surface area contributed by atoms with Crippen molar-refractivity contribution in [2.45, 2.75) is 79.1 Å². The van der Waals surface area contributed by atoms with Crippen LogP contribution >= 0.6 is 0 Å². The van der Waals surface area contributed by atoms with Crippen molar-refractivity contribution in [1.82, 2.24) is 5.43 Å². The second-order valence-electron chi connectivity index (χ2n) is 10.2. The quantitative estimate of drug-likeness (QED) is 0.386. The van der Waals surface area contributed by atoms with Gasteiger partial charge in [-0.25, -0.2) is 10.2 Å². The number of allylic oxidation sites excluding steroid dienone is 4. The first-order chi connectivity index (χ1) is 12.7. The molecule has 0 aromatic heterocycles. The Kier molecular flexibility index (Phi) is 4.51. The second kappa shape index (κ2) is 6.49. The first-order valence-corrected chi connectivity index (χ1v) is 10.7. The van der Waals surface area contributed by atoms with Crippen molar-refractivity contribution in [3.8, 4) is 0 Å². The van der Waals surface area contributed by atoms with E-state index in [9.17, 15) is 4.79 Å². The van der Waals surface area contributed by atoms with Crippen molar-refractivity contribution in [3.63, 3.8) is 0 Å². The van der Waals surface area contributed by atoms with Gasteiger partial charge >= 0.3 is 6.03 Å². The second-order valence-corrected chi connectivity index (χ2v) is 10.2. The average Bonchev–Trinajstić information content (AvgIpc) is 2.94. The van der Waals surface area contributed by atoms with E-state index in [1.165, 1.54) is 44.1 Å². The summed E-state index contributed by atoms with van der Waals surface area (Å²) in [7, 11) is 0. The molecule has 27 heavy (non-hydrogen) atoms. The van der Waals surface area contributed by atoms with E-state index >= 15 is 0 Å².